The summed E-state index contributed by atoms with van der Waals surface area (Å²) >= 11 is 0. The van der Waals surface area contributed by atoms with Crippen LogP contribution < -0.4 is 14.8 Å². The Morgan fingerprint density at radius 1 is 1.00 bits per heavy atom. The number of halogens is 2. The largest absolute Gasteiger partial charge is 0.497 e. The number of alkyl halides is 2. The van der Waals surface area contributed by atoms with Crippen LogP contribution in [0.4, 0.5) is 14.5 Å². The second kappa shape index (κ2) is 8.52. The van der Waals surface area contributed by atoms with Crippen LogP contribution in [0.2, 0.25) is 0 Å². The number of carbonyl (C=O) groups is 1. The van der Waals surface area contributed by atoms with E-state index in [4.69, 9.17) is 4.74 Å². The normalized spacial score (nSPS) is 10.6. The Balaban J connectivity index is 1.93. The molecule has 0 aliphatic heterocycles. The standard InChI is InChI=1S/C22H19F2NO3/c1-14-4-3-5-16(12-14)21(26)25-17-8-11-20(28-22(23)24)19(13-17)15-6-9-18(27-2)10-7-15/h3-13,22H,1-2H3,(H,25,26). The highest BCUT2D eigenvalue weighted by Gasteiger charge is 2.14. The predicted molar refractivity (Wildman–Crippen MR) is 104 cm³/mol. The Hall–Kier alpha value is -3.41. The van der Waals surface area contributed by atoms with Crippen LogP contribution in [0.25, 0.3) is 11.1 Å². The zero-order valence-electron chi connectivity index (χ0n) is 15.4. The maximum absolute atomic E-state index is 12.8. The van der Waals surface area contributed by atoms with Crippen molar-refractivity contribution in [3.05, 3.63) is 77.9 Å². The Kier molecular flexibility index (Phi) is 5.89. The van der Waals surface area contributed by atoms with Gasteiger partial charge in [0.2, 0.25) is 0 Å². The summed E-state index contributed by atoms with van der Waals surface area (Å²) in [4.78, 5) is 12.5. The molecule has 0 aromatic heterocycles. The topological polar surface area (TPSA) is 47.6 Å². The van der Waals surface area contributed by atoms with Gasteiger partial charge in [0.1, 0.15) is 11.5 Å². The summed E-state index contributed by atoms with van der Waals surface area (Å²) in [5.74, 6) is 0.379. The third kappa shape index (κ3) is 4.65. The van der Waals surface area contributed by atoms with Gasteiger partial charge in [-0.1, -0.05) is 29.8 Å². The molecule has 0 saturated carbocycles. The number of anilines is 1. The predicted octanol–water partition coefficient (Wildman–Crippen LogP) is 5.52. The maximum atomic E-state index is 12.8. The molecule has 0 aliphatic rings. The summed E-state index contributed by atoms with van der Waals surface area (Å²) in [7, 11) is 1.54. The molecule has 0 saturated heterocycles. The van der Waals surface area contributed by atoms with E-state index < -0.39 is 6.61 Å². The van der Waals surface area contributed by atoms with Crippen molar-refractivity contribution in [1.82, 2.24) is 0 Å². The second-order valence-electron chi connectivity index (χ2n) is 6.14. The van der Waals surface area contributed by atoms with Gasteiger partial charge in [-0.3, -0.25) is 4.79 Å². The third-order valence-corrected chi connectivity index (χ3v) is 4.13. The quantitative estimate of drug-likeness (QED) is 0.609. The summed E-state index contributed by atoms with van der Waals surface area (Å²) in [6.45, 7) is -1.06. The number of hydrogen-bond acceptors (Lipinski definition) is 3. The lowest BCUT2D eigenvalue weighted by Gasteiger charge is -2.14. The average molecular weight is 383 g/mol. The molecule has 0 radical (unpaired) electrons. The minimum Gasteiger partial charge on any atom is -0.497 e. The van der Waals surface area contributed by atoms with Gasteiger partial charge >= 0.3 is 6.61 Å². The molecule has 144 valence electrons. The number of benzene rings is 3. The highest BCUT2D eigenvalue weighted by atomic mass is 19.3. The molecule has 0 fully saturated rings. The molecule has 0 heterocycles. The number of ether oxygens (including phenoxy) is 2. The molecule has 28 heavy (non-hydrogen) atoms. The van der Waals surface area contributed by atoms with Crippen LogP contribution in [0, 0.1) is 6.92 Å². The van der Waals surface area contributed by atoms with Gasteiger partial charge in [0, 0.05) is 16.8 Å². The van der Waals surface area contributed by atoms with E-state index in [2.05, 4.69) is 10.1 Å². The molecule has 3 aromatic carbocycles. The van der Waals surface area contributed by atoms with Crippen molar-refractivity contribution in [3.63, 3.8) is 0 Å². The molecule has 0 aliphatic carbocycles. The number of aryl methyl sites for hydroxylation is 1. The molecular formula is C22H19F2NO3. The third-order valence-electron chi connectivity index (χ3n) is 4.13. The number of hydrogen-bond donors (Lipinski definition) is 1. The van der Waals surface area contributed by atoms with Gasteiger partial charge in [0.15, 0.2) is 0 Å². The van der Waals surface area contributed by atoms with Crippen LogP contribution in [-0.2, 0) is 0 Å². The molecule has 3 aromatic rings. The van der Waals surface area contributed by atoms with E-state index in [9.17, 15) is 13.6 Å². The molecule has 0 unspecified atom stereocenters. The van der Waals surface area contributed by atoms with Crippen LogP contribution in [0.1, 0.15) is 15.9 Å². The monoisotopic (exact) mass is 383 g/mol. The van der Waals surface area contributed by atoms with Crippen LogP contribution in [-0.4, -0.2) is 19.6 Å². The summed E-state index contributed by atoms with van der Waals surface area (Å²) in [5, 5.41) is 2.79. The van der Waals surface area contributed by atoms with Gasteiger partial charge in [-0.25, -0.2) is 0 Å². The van der Waals surface area contributed by atoms with Gasteiger partial charge in [-0.15, -0.1) is 0 Å². The smallest absolute Gasteiger partial charge is 0.387 e. The highest BCUT2D eigenvalue weighted by molar-refractivity contribution is 6.04. The fraction of sp³-hybridized carbons (Fsp3) is 0.136. The molecule has 0 atom stereocenters. The first-order valence-corrected chi connectivity index (χ1v) is 8.57. The zero-order valence-corrected chi connectivity index (χ0v) is 15.4. The van der Waals surface area contributed by atoms with E-state index in [1.807, 2.05) is 13.0 Å². The van der Waals surface area contributed by atoms with Gasteiger partial charge < -0.3 is 14.8 Å². The van der Waals surface area contributed by atoms with Crippen molar-refractivity contribution < 1.29 is 23.0 Å². The lowest BCUT2D eigenvalue weighted by molar-refractivity contribution is -0.0494. The number of carbonyl (C=O) groups excluding carboxylic acids is 1. The molecule has 3 rings (SSSR count). The zero-order chi connectivity index (χ0) is 20.1. The molecule has 4 nitrogen and oxygen atoms in total. The Labute approximate surface area is 161 Å². The molecule has 1 N–H and O–H groups in total. The second-order valence-corrected chi connectivity index (χ2v) is 6.14. The van der Waals surface area contributed by atoms with Crippen LogP contribution in [0.15, 0.2) is 66.7 Å². The van der Waals surface area contributed by atoms with Gasteiger partial charge in [0.25, 0.3) is 5.91 Å². The van der Waals surface area contributed by atoms with Gasteiger partial charge in [-0.05, 0) is 55.0 Å². The fourth-order valence-electron chi connectivity index (χ4n) is 2.79. The Bertz CT molecular complexity index is 972. The number of rotatable bonds is 6. The van der Waals surface area contributed by atoms with E-state index >= 15 is 0 Å². The number of amides is 1. The lowest BCUT2D eigenvalue weighted by Crippen LogP contribution is -2.12. The summed E-state index contributed by atoms with van der Waals surface area (Å²) in [6.07, 6.45) is 0. The first-order chi connectivity index (χ1) is 13.5. The molecule has 6 heteroatoms. The van der Waals surface area contributed by atoms with Crippen molar-refractivity contribution >= 4 is 11.6 Å². The minimum absolute atomic E-state index is 0.0220. The number of nitrogens with one attached hydrogen (secondary N) is 1. The van der Waals surface area contributed by atoms with E-state index in [-0.39, 0.29) is 11.7 Å². The van der Waals surface area contributed by atoms with Crippen molar-refractivity contribution in [2.75, 3.05) is 12.4 Å². The summed E-state index contributed by atoms with van der Waals surface area (Å²) < 4.78 is 35.4. The maximum Gasteiger partial charge on any atom is 0.387 e. The molecule has 0 spiro atoms. The molecular weight excluding hydrogens is 364 g/mol. The van der Waals surface area contributed by atoms with Crippen molar-refractivity contribution in [3.8, 4) is 22.6 Å². The van der Waals surface area contributed by atoms with E-state index in [0.29, 0.717) is 28.1 Å². The van der Waals surface area contributed by atoms with Gasteiger partial charge in [-0.2, -0.15) is 8.78 Å². The van der Waals surface area contributed by atoms with Crippen molar-refractivity contribution in [1.29, 1.82) is 0 Å². The average Bonchev–Trinajstić information content (AvgIpc) is 2.69. The van der Waals surface area contributed by atoms with Crippen molar-refractivity contribution in [2.45, 2.75) is 13.5 Å². The Morgan fingerprint density at radius 3 is 2.39 bits per heavy atom. The fourth-order valence-corrected chi connectivity index (χ4v) is 2.79. The minimum atomic E-state index is -2.95. The van der Waals surface area contributed by atoms with Crippen LogP contribution in [0.5, 0.6) is 11.5 Å². The summed E-state index contributed by atoms with van der Waals surface area (Å²) in [6, 6.07) is 18.6. The van der Waals surface area contributed by atoms with E-state index in [1.54, 1.807) is 55.6 Å². The van der Waals surface area contributed by atoms with Crippen LogP contribution in [0.3, 0.4) is 0 Å². The van der Waals surface area contributed by atoms with Crippen LogP contribution >= 0.6 is 0 Å². The van der Waals surface area contributed by atoms with Gasteiger partial charge in [0.05, 0.1) is 7.11 Å². The molecule has 1 amide bonds. The van der Waals surface area contributed by atoms with E-state index in [0.717, 1.165) is 5.56 Å². The lowest BCUT2D eigenvalue weighted by atomic mass is 10.0. The number of methoxy groups -OCH3 is 1. The van der Waals surface area contributed by atoms with E-state index in [1.165, 1.54) is 12.1 Å². The Morgan fingerprint density at radius 2 is 1.75 bits per heavy atom. The highest BCUT2D eigenvalue weighted by Crippen LogP contribution is 2.34. The van der Waals surface area contributed by atoms with Crippen molar-refractivity contribution in [2.24, 2.45) is 0 Å². The first-order valence-electron chi connectivity index (χ1n) is 8.57. The summed E-state index contributed by atoms with van der Waals surface area (Å²) in [5.41, 5.74) is 3.04. The SMILES string of the molecule is COc1ccc(-c2cc(NC(=O)c3cccc(C)c3)ccc2OC(F)F)cc1. The molecule has 0 bridgehead atoms. The first kappa shape index (κ1) is 19.4.